The van der Waals surface area contributed by atoms with Crippen molar-refractivity contribution in [2.24, 2.45) is 7.05 Å². The van der Waals surface area contributed by atoms with Gasteiger partial charge in [-0.05, 0) is 37.6 Å². The summed E-state index contributed by atoms with van der Waals surface area (Å²) < 4.78 is 42.8. The Morgan fingerprint density at radius 3 is 2.78 bits per heavy atom. The highest BCUT2D eigenvalue weighted by Crippen LogP contribution is 2.35. The van der Waals surface area contributed by atoms with Gasteiger partial charge in [0, 0.05) is 38.0 Å². The van der Waals surface area contributed by atoms with Crippen LogP contribution in [0.25, 0.3) is 5.52 Å². The minimum absolute atomic E-state index is 0.210. The van der Waals surface area contributed by atoms with Gasteiger partial charge < -0.3 is 10.2 Å². The van der Waals surface area contributed by atoms with Crippen molar-refractivity contribution in [2.45, 2.75) is 32.7 Å². The largest absolute Gasteiger partial charge is 0.323 e. The van der Waals surface area contributed by atoms with Crippen molar-refractivity contribution in [3.63, 3.8) is 0 Å². The lowest BCUT2D eigenvalue weighted by Crippen LogP contribution is -2.42. The van der Waals surface area contributed by atoms with Crippen LogP contribution in [0.5, 0.6) is 0 Å². The summed E-state index contributed by atoms with van der Waals surface area (Å²) in [6.45, 7) is 3.77. The number of hydrogen-bond acceptors (Lipinski definition) is 5. The lowest BCUT2D eigenvalue weighted by Gasteiger charge is -2.36. The number of aryl methyl sites for hydroxylation is 1. The van der Waals surface area contributed by atoms with Gasteiger partial charge in [0.15, 0.2) is 0 Å². The van der Waals surface area contributed by atoms with E-state index in [0.29, 0.717) is 12.1 Å². The minimum atomic E-state index is -2.90. The maximum atomic E-state index is 14.3. The van der Waals surface area contributed by atoms with E-state index in [1.165, 1.54) is 28.6 Å². The van der Waals surface area contributed by atoms with Crippen LogP contribution in [0.1, 0.15) is 54.9 Å². The number of rotatable bonds is 4. The Labute approximate surface area is 181 Å². The van der Waals surface area contributed by atoms with Crippen LogP contribution in [0.15, 0.2) is 35.7 Å². The molecule has 1 aliphatic heterocycles. The van der Waals surface area contributed by atoms with Gasteiger partial charge >= 0.3 is 0 Å². The van der Waals surface area contributed by atoms with E-state index in [9.17, 15) is 18.0 Å². The fraction of sp³-hybridized carbons (Fsp3) is 0.333. The first-order chi connectivity index (χ1) is 15.3. The number of carbonyl (C=O) groups is 1. The average molecular weight is 443 g/mol. The first-order valence-electron chi connectivity index (χ1n) is 9.83. The molecule has 3 aromatic heterocycles. The maximum absolute atomic E-state index is 14.3. The normalized spacial score (nSPS) is 16.5. The van der Waals surface area contributed by atoms with Crippen LogP contribution in [-0.4, -0.2) is 41.7 Å². The second-order valence-electron chi connectivity index (χ2n) is 7.29. The first kappa shape index (κ1) is 21.4. The maximum Gasteiger partial charge on any atom is 0.299 e. The summed E-state index contributed by atoms with van der Waals surface area (Å²) in [7, 11) is 1.39. The number of nitrogens with one attached hydrogen (secondary N) is 1. The van der Waals surface area contributed by atoms with Gasteiger partial charge in [-0.3, -0.25) is 4.79 Å². The Bertz CT molecular complexity index is 1280. The number of pyridine rings is 1. The van der Waals surface area contributed by atoms with E-state index >= 15 is 0 Å². The summed E-state index contributed by atoms with van der Waals surface area (Å²) in [5, 5.41) is 11.1. The smallest absolute Gasteiger partial charge is 0.299 e. The van der Waals surface area contributed by atoms with Crippen molar-refractivity contribution in [1.82, 2.24) is 34.6 Å². The molecule has 4 heterocycles. The van der Waals surface area contributed by atoms with E-state index in [-0.39, 0.29) is 17.9 Å². The molecule has 0 aromatic carbocycles. The molecule has 1 aliphatic rings. The quantitative estimate of drug-likeness (QED) is 0.496. The Morgan fingerprint density at radius 1 is 1.34 bits per heavy atom. The molecule has 0 saturated carbocycles. The zero-order valence-corrected chi connectivity index (χ0v) is 17.6. The van der Waals surface area contributed by atoms with Gasteiger partial charge in [0.05, 0.1) is 11.7 Å². The number of halogens is 3. The number of alkyl halides is 2. The Balaban J connectivity index is 1.81. The van der Waals surface area contributed by atoms with Crippen LogP contribution in [-0.2, 0) is 7.05 Å². The van der Waals surface area contributed by atoms with Gasteiger partial charge in [-0.2, -0.15) is 5.10 Å². The van der Waals surface area contributed by atoms with E-state index in [1.54, 1.807) is 19.2 Å². The third-order valence-electron chi connectivity index (χ3n) is 5.31. The van der Waals surface area contributed by atoms with Gasteiger partial charge in [-0.1, -0.05) is 5.92 Å². The summed E-state index contributed by atoms with van der Waals surface area (Å²) in [5.74, 6) is 0.809. The van der Waals surface area contributed by atoms with Crippen LogP contribution in [0.2, 0.25) is 0 Å². The van der Waals surface area contributed by atoms with Crippen molar-refractivity contribution in [3.05, 3.63) is 58.8 Å². The SMILES string of the molecule is CC#CNC1=C(C)C(c2cc3c(F)cccn3n2)N(C(=O)c2nc(C(F)F)nn2C)CC1. The molecule has 0 radical (unpaired) electrons. The van der Waals surface area contributed by atoms with E-state index in [0.717, 1.165) is 16.0 Å². The molecule has 3 aromatic rings. The molecule has 1 amide bonds. The summed E-state index contributed by atoms with van der Waals surface area (Å²) >= 11 is 0. The van der Waals surface area contributed by atoms with Crippen LogP contribution in [0.3, 0.4) is 0 Å². The Kier molecular flexibility index (Phi) is 5.61. The van der Waals surface area contributed by atoms with Gasteiger partial charge in [0.2, 0.25) is 11.6 Å². The van der Waals surface area contributed by atoms with E-state index in [1.807, 2.05) is 6.92 Å². The number of hydrogen-bond donors (Lipinski definition) is 1. The second kappa shape index (κ2) is 8.37. The van der Waals surface area contributed by atoms with Gasteiger partial charge in [0.1, 0.15) is 11.3 Å². The molecule has 8 nitrogen and oxygen atoms in total. The Morgan fingerprint density at radius 2 is 2.12 bits per heavy atom. The van der Waals surface area contributed by atoms with Gasteiger partial charge in [-0.25, -0.2) is 27.4 Å². The zero-order valence-electron chi connectivity index (χ0n) is 17.6. The summed E-state index contributed by atoms with van der Waals surface area (Å²) in [4.78, 5) is 18.6. The molecule has 1 N–H and O–H groups in total. The topological polar surface area (TPSA) is 80.3 Å². The third-order valence-corrected chi connectivity index (χ3v) is 5.31. The molecule has 166 valence electrons. The average Bonchev–Trinajstić information content (AvgIpc) is 3.37. The molecule has 4 rings (SSSR count). The second-order valence-corrected chi connectivity index (χ2v) is 7.29. The van der Waals surface area contributed by atoms with Gasteiger partial charge in [0.25, 0.3) is 12.3 Å². The highest BCUT2D eigenvalue weighted by atomic mass is 19.3. The summed E-state index contributed by atoms with van der Waals surface area (Å²) in [6.07, 6.45) is -0.828. The van der Waals surface area contributed by atoms with Crippen LogP contribution >= 0.6 is 0 Å². The number of carbonyl (C=O) groups excluding carboxylic acids is 1. The number of amides is 1. The third kappa shape index (κ3) is 3.68. The van der Waals surface area contributed by atoms with Crippen LogP contribution < -0.4 is 5.32 Å². The van der Waals surface area contributed by atoms with Crippen molar-refractivity contribution in [1.29, 1.82) is 0 Å². The van der Waals surface area contributed by atoms with E-state index < -0.39 is 30.0 Å². The lowest BCUT2D eigenvalue weighted by atomic mass is 9.95. The summed E-state index contributed by atoms with van der Waals surface area (Å²) in [6, 6.07) is 6.54. The molecule has 0 spiro atoms. The van der Waals surface area contributed by atoms with Gasteiger partial charge in [-0.15, -0.1) is 5.10 Å². The first-order valence-corrected chi connectivity index (χ1v) is 9.83. The molecule has 0 bridgehead atoms. The molecule has 1 unspecified atom stereocenters. The zero-order chi connectivity index (χ0) is 23.0. The Hall–Kier alpha value is -3.81. The standard InChI is InChI=1S/C21H20F3N7O/c1-4-8-25-14-7-10-30(21(32)20-26-19(18(23)24)28-29(20)3)17(12(14)2)15-11-16-13(22)6-5-9-31(16)27-15/h5-6,9,11,17-18,25H,7,10H2,1-3H3. The number of fused-ring (bicyclic) bond motifs is 1. The fourth-order valence-electron chi connectivity index (χ4n) is 3.80. The van der Waals surface area contributed by atoms with E-state index in [2.05, 4.69) is 32.5 Å². The fourth-order valence-corrected chi connectivity index (χ4v) is 3.80. The van der Waals surface area contributed by atoms with Crippen molar-refractivity contribution in [2.75, 3.05) is 6.54 Å². The number of aromatic nitrogens is 5. The highest BCUT2D eigenvalue weighted by Gasteiger charge is 2.36. The molecular formula is C21H20F3N7O. The predicted molar refractivity (Wildman–Crippen MR) is 109 cm³/mol. The van der Waals surface area contributed by atoms with Crippen LogP contribution in [0.4, 0.5) is 13.2 Å². The van der Waals surface area contributed by atoms with E-state index in [4.69, 9.17) is 0 Å². The lowest BCUT2D eigenvalue weighted by molar-refractivity contribution is 0.0668. The summed E-state index contributed by atoms with van der Waals surface area (Å²) in [5.41, 5.74) is 2.26. The monoisotopic (exact) mass is 443 g/mol. The van der Waals surface area contributed by atoms with Crippen molar-refractivity contribution < 1.29 is 18.0 Å². The number of nitrogens with zero attached hydrogens (tertiary/aromatic N) is 6. The molecule has 1 atom stereocenters. The molecule has 0 fully saturated rings. The highest BCUT2D eigenvalue weighted by molar-refractivity contribution is 5.91. The van der Waals surface area contributed by atoms with Crippen LogP contribution in [0, 0.1) is 17.8 Å². The molecule has 11 heteroatoms. The molecule has 32 heavy (non-hydrogen) atoms. The molecular weight excluding hydrogens is 423 g/mol. The minimum Gasteiger partial charge on any atom is -0.323 e. The molecule has 0 aliphatic carbocycles. The van der Waals surface area contributed by atoms with Crippen molar-refractivity contribution in [3.8, 4) is 12.0 Å². The molecule has 0 saturated heterocycles. The predicted octanol–water partition coefficient (Wildman–Crippen LogP) is 2.97. The van der Waals surface area contributed by atoms with Crippen molar-refractivity contribution >= 4 is 11.4 Å².